The summed E-state index contributed by atoms with van der Waals surface area (Å²) in [4.78, 5) is 54.0. The van der Waals surface area contributed by atoms with Crippen molar-refractivity contribution < 1.29 is 19.1 Å². The molecule has 1 aliphatic carbocycles. The third-order valence-electron chi connectivity index (χ3n) is 9.02. The van der Waals surface area contributed by atoms with Crippen molar-refractivity contribution in [2.75, 3.05) is 51.3 Å². The largest absolute Gasteiger partial charge is 0.367 e. The molecule has 13 heteroatoms. The van der Waals surface area contributed by atoms with Crippen LogP contribution in [0, 0.1) is 5.92 Å². The Morgan fingerprint density at radius 3 is 2.60 bits per heavy atom. The Balaban J connectivity index is 1.17. The molecule has 4 unspecified atom stereocenters. The van der Waals surface area contributed by atoms with Gasteiger partial charge >= 0.3 is 0 Å². The molecule has 3 saturated heterocycles. The average Bonchev–Trinajstić information content (AvgIpc) is 3.75. The molecule has 0 radical (unpaired) electrons. The van der Waals surface area contributed by atoms with Crippen LogP contribution in [0.4, 0.5) is 5.13 Å². The number of rotatable bonds is 7. The molecule has 1 aromatic carbocycles. The van der Waals surface area contributed by atoms with Gasteiger partial charge in [-0.2, -0.15) is 0 Å². The summed E-state index contributed by atoms with van der Waals surface area (Å²) in [6, 6.07) is 5.11. The molecule has 0 spiro atoms. The summed E-state index contributed by atoms with van der Waals surface area (Å²) >= 11 is 1.63. The number of ether oxygens (including phenoxy) is 1. The fourth-order valence-corrected chi connectivity index (χ4v) is 7.50. The van der Waals surface area contributed by atoms with Crippen molar-refractivity contribution in [3.05, 3.63) is 45.7 Å². The Morgan fingerprint density at radius 2 is 1.88 bits per heavy atom. The molecule has 12 nitrogen and oxygen atoms in total. The van der Waals surface area contributed by atoms with Crippen molar-refractivity contribution in [2.24, 2.45) is 11.0 Å². The summed E-state index contributed by atoms with van der Waals surface area (Å²) in [5, 5.41) is 9.86. The standard InChI is InChI=1S/C29H36N8O4S/c1-35-11-13-36(14-12-35)29-31-22(17-42-29)18-7-9-20(10-8-18)27(39)32-24(19-5-3-2-4-6-19)28(40)37-15-21(33-34-30)26-25(37)23(38)16-41-26/h7-10,17,19,21,24-26H,2-6,11-16H2,1H3,(H,32,39). The summed E-state index contributed by atoms with van der Waals surface area (Å²) in [6.07, 6.45) is 4.06. The van der Waals surface area contributed by atoms with Crippen molar-refractivity contribution >= 4 is 34.1 Å². The lowest BCUT2D eigenvalue weighted by Gasteiger charge is -2.34. The van der Waals surface area contributed by atoms with Gasteiger partial charge in [0.05, 0.1) is 17.8 Å². The number of carbonyl (C=O) groups excluding carboxylic acids is 3. The van der Waals surface area contributed by atoms with E-state index < -0.39 is 24.2 Å². The normalized spacial score (nSPS) is 25.6. The topological polar surface area (TPSA) is 144 Å². The van der Waals surface area contributed by atoms with E-state index in [-0.39, 0.29) is 36.7 Å². The number of nitrogens with one attached hydrogen (secondary N) is 1. The lowest BCUT2D eigenvalue weighted by molar-refractivity contribution is -0.139. The Labute approximate surface area is 248 Å². The van der Waals surface area contributed by atoms with Crippen LogP contribution in [0.3, 0.4) is 0 Å². The molecular weight excluding hydrogens is 556 g/mol. The van der Waals surface area contributed by atoms with E-state index in [1.807, 2.05) is 17.5 Å². The number of aromatic nitrogens is 1. The van der Waals surface area contributed by atoms with Crippen LogP contribution in [-0.4, -0.2) is 103 Å². The van der Waals surface area contributed by atoms with Gasteiger partial charge in [-0.3, -0.25) is 14.4 Å². The zero-order chi connectivity index (χ0) is 29.2. The second kappa shape index (κ2) is 12.4. The summed E-state index contributed by atoms with van der Waals surface area (Å²) in [5.74, 6) is -0.883. The van der Waals surface area contributed by atoms with Crippen LogP contribution in [-0.2, 0) is 14.3 Å². The maximum atomic E-state index is 14.0. The van der Waals surface area contributed by atoms with Crippen LogP contribution in [0.1, 0.15) is 42.5 Å². The van der Waals surface area contributed by atoms with Crippen LogP contribution in [0.25, 0.3) is 21.7 Å². The lowest BCUT2D eigenvalue weighted by atomic mass is 9.83. The molecule has 1 saturated carbocycles. The van der Waals surface area contributed by atoms with Gasteiger partial charge in [0.2, 0.25) is 5.91 Å². The van der Waals surface area contributed by atoms with Crippen LogP contribution in [0.15, 0.2) is 34.8 Å². The van der Waals surface area contributed by atoms with E-state index in [0.29, 0.717) is 5.56 Å². The molecule has 222 valence electrons. The van der Waals surface area contributed by atoms with E-state index in [0.717, 1.165) is 74.7 Å². The number of anilines is 1. The average molecular weight is 593 g/mol. The van der Waals surface area contributed by atoms with Crippen LogP contribution in [0.5, 0.6) is 0 Å². The number of likely N-dealkylation sites (tertiary alicyclic amines) is 1. The number of piperazine rings is 1. The molecule has 2 aromatic rings. The van der Waals surface area contributed by atoms with Crippen LogP contribution in [0.2, 0.25) is 0 Å². The van der Waals surface area contributed by atoms with Crippen LogP contribution >= 0.6 is 11.3 Å². The van der Waals surface area contributed by atoms with Crippen molar-refractivity contribution in [1.29, 1.82) is 0 Å². The molecule has 1 aromatic heterocycles. The minimum absolute atomic E-state index is 0.0353. The lowest BCUT2D eigenvalue weighted by Crippen LogP contribution is -2.55. The van der Waals surface area contributed by atoms with Gasteiger partial charge in [-0.05, 0) is 43.5 Å². The number of amides is 2. The fourth-order valence-electron chi connectivity index (χ4n) is 6.61. The number of Topliss-reactive ketones (excluding diaryl/α,β-unsaturated/α-hetero) is 1. The molecule has 2 amide bonds. The third kappa shape index (κ3) is 5.74. The summed E-state index contributed by atoms with van der Waals surface area (Å²) < 4.78 is 5.59. The van der Waals surface area contributed by atoms with E-state index in [1.165, 1.54) is 4.90 Å². The number of hydrogen-bond acceptors (Lipinski definition) is 9. The zero-order valence-corrected chi connectivity index (χ0v) is 24.5. The molecule has 4 fully saturated rings. The number of fused-ring (bicyclic) bond motifs is 1. The van der Waals surface area contributed by atoms with Gasteiger partial charge in [-0.1, -0.05) is 36.5 Å². The number of hydrogen-bond donors (Lipinski definition) is 1. The number of likely N-dealkylation sites (N-methyl/N-ethyl adjacent to an activating group) is 1. The maximum absolute atomic E-state index is 14.0. The van der Waals surface area contributed by atoms with Gasteiger partial charge in [0.15, 0.2) is 10.9 Å². The van der Waals surface area contributed by atoms with Gasteiger partial charge in [-0.25, -0.2) is 4.98 Å². The van der Waals surface area contributed by atoms with Crippen molar-refractivity contribution in [3.8, 4) is 11.3 Å². The molecule has 4 aliphatic rings. The van der Waals surface area contributed by atoms with E-state index in [1.54, 1.807) is 23.5 Å². The van der Waals surface area contributed by atoms with Gasteiger partial charge in [0.25, 0.3) is 5.91 Å². The number of thiazole rings is 1. The first-order valence-electron chi connectivity index (χ1n) is 14.7. The molecule has 0 bridgehead atoms. The number of azide groups is 1. The Bertz CT molecular complexity index is 1360. The summed E-state index contributed by atoms with van der Waals surface area (Å²) in [7, 11) is 2.13. The summed E-state index contributed by atoms with van der Waals surface area (Å²) in [5.41, 5.74) is 11.3. The van der Waals surface area contributed by atoms with E-state index in [2.05, 4.69) is 32.2 Å². The second-order valence-corrected chi connectivity index (χ2v) is 12.5. The monoisotopic (exact) mass is 592 g/mol. The Hall–Kier alpha value is -3.51. The predicted octanol–water partition coefficient (Wildman–Crippen LogP) is 3.10. The Kier molecular flexibility index (Phi) is 8.43. The molecular formula is C29H36N8O4S. The number of ketones is 1. The molecule has 3 aliphatic heterocycles. The third-order valence-corrected chi connectivity index (χ3v) is 9.92. The van der Waals surface area contributed by atoms with Crippen molar-refractivity contribution in [3.63, 3.8) is 0 Å². The minimum Gasteiger partial charge on any atom is -0.367 e. The quantitative estimate of drug-likeness (QED) is 0.296. The van der Waals surface area contributed by atoms with E-state index in [4.69, 9.17) is 15.3 Å². The zero-order valence-electron chi connectivity index (χ0n) is 23.7. The smallest absolute Gasteiger partial charge is 0.251 e. The highest BCUT2D eigenvalue weighted by atomic mass is 32.1. The Morgan fingerprint density at radius 1 is 1.14 bits per heavy atom. The van der Waals surface area contributed by atoms with E-state index >= 15 is 0 Å². The van der Waals surface area contributed by atoms with Crippen molar-refractivity contribution in [1.82, 2.24) is 20.1 Å². The van der Waals surface area contributed by atoms with E-state index in [9.17, 15) is 14.4 Å². The maximum Gasteiger partial charge on any atom is 0.251 e. The predicted molar refractivity (Wildman–Crippen MR) is 158 cm³/mol. The molecule has 42 heavy (non-hydrogen) atoms. The van der Waals surface area contributed by atoms with Gasteiger partial charge in [0, 0.05) is 54.1 Å². The first kappa shape index (κ1) is 28.6. The molecule has 4 atom stereocenters. The SMILES string of the molecule is CN1CCN(c2nc(-c3ccc(C(=O)NC(C(=O)N4CC(N=[N+]=[N-])C5OCC(=O)C54)C4CCCCC4)cc3)cs2)CC1. The molecule has 4 heterocycles. The number of benzene rings is 1. The number of carbonyl (C=O) groups is 3. The van der Waals surface area contributed by atoms with Gasteiger partial charge in [0.1, 0.15) is 18.7 Å². The highest BCUT2D eigenvalue weighted by Gasteiger charge is 2.53. The fraction of sp³-hybridized carbons (Fsp3) is 0.586. The molecule has 6 rings (SSSR count). The first-order chi connectivity index (χ1) is 20.4. The molecule has 1 N–H and O–H groups in total. The second-order valence-electron chi connectivity index (χ2n) is 11.7. The van der Waals surface area contributed by atoms with Gasteiger partial charge in [-0.15, -0.1) is 11.3 Å². The minimum atomic E-state index is -0.788. The van der Waals surface area contributed by atoms with Gasteiger partial charge < -0.3 is 24.8 Å². The van der Waals surface area contributed by atoms with Crippen LogP contribution < -0.4 is 10.2 Å². The highest BCUT2D eigenvalue weighted by Crippen LogP contribution is 2.34. The summed E-state index contributed by atoms with van der Waals surface area (Å²) in [6.45, 7) is 3.92. The number of nitrogens with zero attached hydrogens (tertiary/aromatic N) is 7. The highest BCUT2D eigenvalue weighted by molar-refractivity contribution is 7.14. The first-order valence-corrected chi connectivity index (χ1v) is 15.6. The van der Waals surface area contributed by atoms with Crippen molar-refractivity contribution in [2.45, 2.75) is 56.3 Å².